The number of rotatable bonds is 3. The second-order valence-electron chi connectivity index (χ2n) is 5.21. The highest BCUT2D eigenvalue weighted by molar-refractivity contribution is 6.32. The van der Waals surface area contributed by atoms with Crippen molar-refractivity contribution in [1.82, 2.24) is 0 Å². The third-order valence-electron chi connectivity index (χ3n) is 4.04. The molecule has 2 N–H and O–H groups in total. The molecular formula is C15H22ClNO. The van der Waals surface area contributed by atoms with Gasteiger partial charge in [-0.2, -0.15) is 0 Å². The average molecular weight is 268 g/mol. The summed E-state index contributed by atoms with van der Waals surface area (Å²) >= 11 is 6.26. The van der Waals surface area contributed by atoms with Gasteiger partial charge < -0.3 is 10.5 Å². The van der Waals surface area contributed by atoms with Crippen molar-refractivity contribution < 1.29 is 4.74 Å². The van der Waals surface area contributed by atoms with Gasteiger partial charge in [-0.15, -0.1) is 0 Å². The summed E-state index contributed by atoms with van der Waals surface area (Å²) in [6.07, 6.45) is 6.80. The van der Waals surface area contributed by atoms with Crippen molar-refractivity contribution >= 4 is 11.6 Å². The maximum atomic E-state index is 6.62. The van der Waals surface area contributed by atoms with Crippen LogP contribution < -0.4 is 10.5 Å². The zero-order valence-electron chi connectivity index (χ0n) is 11.3. The number of hydrogen-bond acceptors (Lipinski definition) is 2. The molecule has 0 atom stereocenters. The van der Waals surface area contributed by atoms with Gasteiger partial charge in [-0.05, 0) is 42.5 Å². The predicted octanol–water partition coefficient (Wildman–Crippen LogP) is 4.03. The second-order valence-corrected chi connectivity index (χ2v) is 5.62. The summed E-state index contributed by atoms with van der Waals surface area (Å²) in [4.78, 5) is 0. The molecule has 0 saturated heterocycles. The maximum absolute atomic E-state index is 6.62. The summed E-state index contributed by atoms with van der Waals surface area (Å²) in [6, 6.07) is 4.06. The third kappa shape index (κ3) is 2.50. The number of halogens is 1. The lowest BCUT2D eigenvalue weighted by atomic mass is 9.75. The normalized spacial score (nSPS) is 18.7. The van der Waals surface area contributed by atoms with Gasteiger partial charge >= 0.3 is 0 Å². The van der Waals surface area contributed by atoms with E-state index in [4.69, 9.17) is 22.1 Å². The van der Waals surface area contributed by atoms with E-state index >= 15 is 0 Å². The molecule has 100 valence electrons. The molecule has 3 heteroatoms. The lowest BCUT2D eigenvalue weighted by Crippen LogP contribution is -2.39. The van der Waals surface area contributed by atoms with Crippen LogP contribution in [0.1, 0.15) is 50.2 Å². The Morgan fingerprint density at radius 3 is 2.50 bits per heavy atom. The van der Waals surface area contributed by atoms with Crippen LogP contribution in [0.2, 0.25) is 5.02 Å². The van der Waals surface area contributed by atoms with Crippen LogP contribution in [0.15, 0.2) is 12.1 Å². The highest BCUT2D eigenvalue weighted by Crippen LogP contribution is 2.40. The Hall–Kier alpha value is -0.730. The molecule has 0 unspecified atom stereocenters. The summed E-state index contributed by atoms with van der Waals surface area (Å²) in [5.41, 5.74) is 8.91. The van der Waals surface area contributed by atoms with E-state index in [9.17, 15) is 0 Å². The second kappa shape index (κ2) is 5.50. The van der Waals surface area contributed by atoms with Crippen LogP contribution >= 0.6 is 11.6 Å². The lowest BCUT2D eigenvalue weighted by molar-refractivity contribution is 0.300. The van der Waals surface area contributed by atoms with Crippen LogP contribution in [0.4, 0.5) is 0 Å². The van der Waals surface area contributed by atoms with Crippen molar-refractivity contribution in [2.24, 2.45) is 5.73 Å². The van der Waals surface area contributed by atoms with Gasteiger partial charge in [0.15, 0.2) is 0 Å². The fourth-order valence-electron chi connectivity index (χ4n) is 2.96. The number of ether oxygens (including phenoxy) is 1. The maximum Gasteiger partial charge on any atom is 0.137 e. The Morgan fingerprint density at radius 1 is 1.28 bits per heavy atom. The molecule has 1 aliphatic carbocycles. The van der Waals surface area contributed by atoms with Crippen LogP contribution in [0.5, 0.6) is 5.75 Å². The Kier molecular flexibility index (Phi) is 4.18. The van der Waals surface area contributed by atoms with Gasteiger partial charge in [0.1, 0.15) is 5.75 Å². The van der Waals surface area contributed by atoms with E-state index in [1.807, 2.05) is 12.1 Å². The highest BCUT2D eigenvalue weighted by atomic mass is 35.5. The van der Waals surface area contributed by atoms with Gasteiger partial charge in [0, 0.05) is 5.54 Å². The summed E-state index contributed by atoms with van der Waals surface area (Å²) < 4.78 is 5.29. The van der Waals surface area contributed by atoms with E-state index in [1.54, 1.807) is 7.11 Å². The van der Waals surface area contributed by atoms with E-state index in [1.165, 1.54) is 30.4 Å². The molecule has 0 amide bonds. The van der Waals surface area contributed by atoms with E-state index in [-0.39, 0.29) is 5.54 Å². The molecule has 1 aliphatic rings. The molecular weight excluding hydrogens is 246 g/mol. The molecule has 0 heterocycles. The third-order valence-corrected chi connectivity index (χ3v) is 4.34. The Labute approximate surface area is 114 Å². The van der Waals surface area contributed by atoms with E-state index in [2.05, 4.69) is 6.92 Å². The number of hydrogen-bond donors (Lipinski definition) is 1. The summed E-state index contributed by atoms with van der Waals surface area (Å²) in [5.74, 6) is 0.747. The van der Waals surface area contributed by atoms with E-state index in [0.29, 0.717) is 5.02 Å². The first-order valence-corrected chi connectivity index (χ1v) is 7.14. The predicted molar refractivity (Wildman–Crippen MR) is 76.3 cm³/mol. The Morgan fingerprint density at radius 2 is 1.94 bits per heavy atom. The van der Waals surface area contributed by atoms with Gasteiger partial charge in [-0.25, -0.2) is 0 Å². The molecule has 0 spiro atoms. The van der Waals surface area contributed by atoms with Gasteiger partial charge in [-0.3, -0.25) is 0 Å². The van der Waals surface area contributed by atoms with Gasteiger partial charge in [0.2, 0.25) is 0 Å². The van der Waals surface area contributed by atoms with E-state index in [0.717, 1.165) is 25.0 Å². The van der Waals surface area contributed by atoms with Crippen LogP contribution in [-0.2, 0) is 12.0 Å². The molecule has 1 aromatic rings. The van der Waals surface area contributed by atoms with Crippen LogP contribution in [0.25, 0.3) is 0 Å². The van der Waals surface area contributed by atoms with Crippen molar-refractivity contribution in [3.05, 3.63) is 28.3 Å². The summed E-state index contributed by atoms with van der Waals surface area (Å²) in [7, 11) is 1.65. The molecule has 2 rings (SSSR count). The van der Waals surface area contributed by atoms with Crippen molar-refractivity contribution in [3.8, 4) is 5.75 Å². The first kappa shape index (κ1) is 13.7. The summed E-state index contributed by atoms with van der Waals surface area (Å²) in [6.45, 7) is 2.15. The fraction of sp³-hybridized carbons (Fsp3) is 0.600. The highest BCUT2D eigenvalue weighted by Gasteiger charge is 2.31. The largest absolute Gasteiger partial charge is 0.495 e. The smallest absolute Gasteiger partial charge is 0.137 e. The number of methoxy groups -OCH3 is 1. The molecule has 0 radical (unpaired) electrons. The zero-order chi connectivity index (χ0) is 13.2. The standard InChI is InChI=1S/C15H22ClNO/c1-3-11-9-14(18-2)13(16)10-12(11)15(17)7-5-4-6-8-15/h9-10H,3-8,17H2,1-2H3. The molecule has 0 aromatic heterocycles. The van der Waals surface area contributed by atoms with Crippen molar-refractivity contribution in [2.75, 3.05) is 7.11 Å². The fourth-order valence-corrected chi connectivity index (χ4v) is 3.20. The minimum Gasteiger partial charge on any atom is -0.495 e. The first-order chi connectivity index (χ1) is 8.60. The van der Waals surface area contributed by atoms with Crippen LogP contribution in [0, 0.1) is 0 Å². The SMILES string of the molecule is CCc1cc(OC)c(Cl)cc1C1(N)CCCCC1. The quantitative estimate of drug-likeness (QED) is 0.897. The molecule has 18 heavy (non-hydrogen) atoms. The van der Waals surface area contributed by atoms with Crippen molar-refractivity contribution in [2.45, 2.75) is 51.0 Å². The van der Waals surface area contributed by atoms with Crippen molar-refractivity contribution in [1.29, 1.82) is 0 Å². The topological polar surface area (TPSA) is 35.2 Å². The Balaban J connectivity index is 2.45. The molecule has 1 fully saturated rings. The van der Waals surface area contributed by atoms with Crippen LogP contribution in [0.3, 0.4) is 0 Å². The zero-order valence-corrected chi connectivity index (χ0v) is 12.0. The number of aryl methyl sites for hydroxylation is 1. The van der Waals surface area contributed by atoms with Crippen molar-refractivity contribution in [3.63, 3.8) is 0 Å². The average Bonchev–Trinajstić information content (AvgIpc) is 2.39. The Bertz CT molecular complexity index is 425. The number of benzene rings is 1. The molecule has 0 aliphatic heterocycles. The lowest BCUT2D eigenvalue weighted by Gasteiger charge is -2.35. The number of nitrogens with two attached hydrogens (primary N) is 1. The molecule has 0 bridgehead atoms. The van der Waals surface area contributed by atoms with E-state index < -0.39 is 0 Å². The molecule has 2 nitrogen and oxygen atoms in total. The monoisotopic (exact) mass is 267 g/mol. The van der Waals surface area contributed by atoms with Gasteiger partial charge in [0.05, 0.1) is 12.1 Å². The van der Waals surface area contributed by atoms with Gasteiger partial charge in [-0.1, -0.05) is 37.8 Å². The summed E-state index contributed by atoms with van der Waals surface area (Å²) in [5, 5.41) is 0.667. The van der Waals surface area contributed by atoms with Gasteiger partial charge in [0.25, 0.3) is 0 Å². The molecule has 1 aromatic carbocycles. The van der Waals surface area contributed by atoms with Crippen LogP contribution in [-0.4, -0.2) is 7.11 Å². The first-order valence-electron chi connectivity index (χ1n) is 6.76. The minimum atomic E-state index is -0.195. The molecule has 1 saturated carbocycles. The minimum absolute atomic E-state index is 0.195.